The number of benzene rings is 1. The highest BCUT2D eigenvalue weighted by Crippen LogP contribution is 2.30. The van der Waals surface area contributed by atoms with Gasteiger partial charge in [0.25, 0.3) is 0 Å². The van der Waals surface area contributed by atoms with E-state index < -0.39 is 40.1 Å². The monoisotopic (exact) mass is 419 g/mol. The zero-order valence-electron chi connectivity index (χ0n) is 15.6. The Hall–Kier alpha value is -3.60. The number of aromatic carboxylic acids is 1. The van der Waals surface area contributed by atoms with Crippen molar-refractivity contribution in [3.63, 3.8) is 0 Å². The SMILES string of the molecule is C[C@H]1[C@H](N)CN1c1nc2c(cc1F)c(=O)c(C(=O)O)cn2-c1cc(N)c(F)cc1F. The number of anilines is 2. The average molecular weight is 419 g/mol. The van der Waals surface area contributed by atoms with Gasteiger partial charge in [-0.1, -0.05) is 0 Å². The fraction of sp³-hybridized carbons (Fsp3) is 0.211. The molecule has 11 heteroatoms. The summed E-state index contributed by atoms with van der Waals surface area (Å²) in [5, 5.41) is 8.98. The number of rotatable bonds is 3. The number of carbonyl (C=O) groups is 1. The molecule has 3 aromatic rings. The molecule has 0 spiro atoms. The molecule has 8 nitrogen and oxygen atoms in total. The summed E-state index contributed by atoms with van der Waals surface area (Å²) in [5.41, 5.74) is 8.69. The molecule has 2 atom stereocenters. The van der Waals surface area contributed by atoms with E-state index in [1.165, 1.54) is 0 Å². The lowest BCUT2D eigenvalue weighted by Crippen LogP contribution is -2.63. The Morgan fingerprint density at radius 3 is 2.50 bits per heavy atom. The van der Waals surface area contributed by atoms with Gasteiger partial charge in [-0.15, -0.1) is 0 Å². The Balaban J connectivity index is 2.07. The number of fused-ring (bicyclic) bond motifs is 1. The minimum absolute atomic E-state index is 0.122. The summed E-state index contributed by atoms with van der Waals surface area (Å²) in [5.74, 6) is -4.66. The van der Waals surface area contributed by atoms with Crippen molar-refractivity contribution in [2.24, 2.45) is 5.73 Å². The predicted octanol–water partition coefficient (Wildman–Crippen LogP) is 1.62. The van der Waals surface area contributed by atoms with E-state index in [2.05, 4.69) is 4.98 Å². The molecule has 30 heavy (non-hydrogen) atoms. The van der Waals surface area contributed by atoms with Gasteiger partial charge >= 0.3 is 5.97 Å². The zero-order valence-corrected chi connectivity index (χ0v) is 15.6. The molecule has 5 N–H and O–H groups in total. The smallest absolute Gasteiger partial charge is 0.341 e. The van der Waals surface area contributed by atoms with E-state index in [0.29, 0.717) is 12.6 Å². The summed E-state index contributed by atoms with van der Waals surface area (Å²) in [6.07, 6.45) is 0.850. The molecule has 0 bridgehead atoms. The molecule has 0 amide bonds. The highest BCUT2D eigenvalue weighted by molar-refractivity contribution is 5.92. The third-order valence-corrected chi connectivity index (χ3v) is 5.26. The summed E-state index contributed by atoms with van der Waals surface area (Å²) in [4.78, 5) is 29.8. The first-order valence-corrected chi connectivity index (χ1v) is 8.86. The van der Waals surface area contributed by atoms with Crippen molar-refractivity contribution in [1.82, 2.24) is 9.55 Å². The molecular formula is C19H16F3N5O3. The Labute approximate surface area is 167 Å². The van der Waals surface area contributed by atoms with Crippen LogP contribution in [0.3, 0.4) is 0 Å². The number of aromatic nitrogens is 2. The lowest BCUT2D eigenvalue weighted by atomic mass is 9.99. The highest BCUT2D eigenvalue weighted by atomic mass is 19.1. The molecule has 4 rings (SSSR count). The van der Waals surface area contributed by atoms with Gasteiger partial charge in [0.2, 0.25) is 5.43 Å². The fourth-order valence-electron chi connectivity index (χ4n) is 3.41. The van der Waals surface area contributed by atoms with Crippen LogP contribution in [0.4, 0.5) is 24.7 Å². The summed E-state index contributed by atoms with van der Waals surface area (Å²) in [6.45, 7) is 2.08. The maximum absolute atomic E-state index is 14.8. The van der Waals surface area contributed by atoms with Gasteiger partial charge < -0.3 is 21.5 Å². The molecule has 0 saturated carbocycles. The fourth-order valence-corrected chi connectivity index (χ4v) is 3.41. The van der Waals surface area contributed by atoms with Gasteiger partial charge in [0.1, 0.15) is 17.2 Å². The van der Waals surface area contributed by atoms with Crippen molar-refractivity contribution in [3.8, 4) is 5.69 Å². The van der Waals surface area contributed by atoms with Gasteiger partial charge in [-0.2, -0.15) is 0 Å². The van der Waals surface area contributed by atoms with E-state index in [1.54, 1.807) is 11.8 Å². The van der Waals surface area contributed by atoms with E-state index in [4.69, 9.17) is 11.5 Å². The van der Waals surface area contributed by atoms with Crippen molar-refractivity contribution < 1.29 is 23.1 Å². The molecule has 0 radical (unpaired) electrons. The topological polar surface area (TPSA) is 127 Å². The van der Waals surface area contributed by atoms with Crippen molar-refractivity contribution >= 4 is 28.5 Å². The van der Waals surface area contributed by atoms with E-state index >= 15 is 0 Å². The highest BCUT2D eigenvalue weighted by Gasteiger charge is 2.35. The normalized spacial score (nSPS) is 18.5. The Kier molecular flexibility index (Phi) is 4.42. The molecule has 1 saturated heterocycles. The van der Waals surface area contributed by atoms with Crippen LogP contribution < -0.4 is 21.8 Å². The summed E-state index contributed by atoms with van der Waals surface area (Å²) >= 11 is 0. The van der Waals surface area contributed by atoms with Crippen molar-refractivity contribution in [2.75, 3.05) is 17.2 Å². The number of hydrogen-bond donors (Lipinski definition) is 3. The Bertz CT molecular complexity index is 1280. The number of nitrogen functional groups attached to an aromatic ring is 1. The first-order valence-electron chi connectivity index (χ1n) is 8.86. The number of nitrogens with zero attached hydrogens (tertiary/aromatic N) is 3. The first-order chi connectivity index (χ1) is 14.1. The minimum Gasteiger partial charge on any atom is -0.477 e. The van der Waals surface area contributed by atoms with E-state index in [0.717, 1.165) is 22.9 Å². The molecule has 1 fully saturated rings. The standard InChI is InChI=1S/C19H16F3N5O3/c1-7-14(24)6-26(7)18-12(22)2-8-16(28)9(19(29)30)5-27(17(8)25-18)15-4-13(23)10(20)3-11(15)21/h2-5,7,14H,6,23-24H2,1H3,(H,29,30)/t7-,14+/m0/s1. The van der Waals surface area contributed by atoms with Crippen LogP contribution >= 0.6 is 0 Å². The Morgan fingerprint density at radius 1 is 1.20 bits per heavy atom. The van der Waals surface area contributed by atoms with Gasteiger partial charge in [0.15, 0.2) is 17.3 Å². The summed E-state index contributed by atoms with van der Waals surface area (Å²) < 4.78 is 43.8. The average Bonchev–Trinajstić information content (AvgIpc) is 2.69. The van der Waals surface area contributed by atoms with Gasteiger partial charge in [0.05, 0.1) is 16.8 Å². The van der Waals surface area contributed by atoms with Gasteiger partial charge in [-0.25, -0.2) is 22.9 Å². The number of nitrogens with two attached hydrogens (primary N) is 2. The molecule has 156 valence electrons. The second kappa shape index (κ2) is 6.73. The molecule has 3 heterocycles. The molecular weight excluding hydrogens is 403 g/mol. The molecule has 0 unspecified atom stereocenters. The van der Waals surface area contributed by atoms with Gasteiger partial charge in [-0.3, -0.25) is 9.36 Å². The van der Waals surface area contributed by atoms with Crippen molar-refractivity contribution in [1.29, 1.82) is 0 Å². The van der Waals surface area contributed by atoms with Crippen LogP contribution in [-0.2, 0) is 0 Å². The van der Waals surface area contributed by atoms with E-state index in [9.17, 15) is 27.9 Å². The number of carboxylic acid groups (broad SMARTS) is 1. The molecule has 1 aliphatic rings. The third kappa shape index (κ3) is 2.86. The van der Waals surface area contributed by atoms with E-state index in [-0.39, 0.29) is 34.6 Å². The largest absolute Gasteiger partial charge is 0.477 e. The molecule has 1 aliphatic heterocycles. The molecule has 0 aliphatic carbocycles. The number of halogens is 3. The minimum atomic E-state index is -1.60. The lowest BCUT2D eigenvalue weighted by Gasteiger charge is -2.45. The maximum Gasteiger partial charge on any atom is 0.341 e. The van der Waals surface area contributed by atoms with Crippen LogP contribution in [-0.4, -0.2) is 39.3 Å². The molecule has 2 aromatic heterocycles. The van der Waals surface area contributed by atoms with Gasteiger partial charge in [-0.05, 0) is 19.1 Å². The lowest BCUT2D eigenvalue weighted by molar-refractivity contribution is 0.0695. The van der Waals surface area contributed by atoms with Crippen LogP contribution in [0.1, 0.15) is 17.3 Å². The number of hydrogen-bond acceptors (Lipinski definition) is 6. The third-order valence-electron chi connectivity index (χ3n) is 5.26. The second-order valence-electron chi connectivity index (χ2n) is 7.09. The zero-order chi connectivity index (χ0) is 21.9. The second-order valence-corrected chi connectivity index (χ2v) is 7.09. The maximum atomic E-state index is 14.8. The van der Waals surface area contributed by atoms with E-state index in [1.807, 2.05) is 0 Å². The molecule has 1 aromatic carbocycles. The van der Waals surface area contributed by atoms with Crippen LogP contribution in [0.25, 0.3) is 16.7 Å². The van der Waals surface area contributed by atoms with Crippen LogP contribution in [0.5, 0.6) is 0 Å². The van der Waals surface area contributed by atoms with Crippen LogP contribution in [0, 0.1) is 17.5 Å². The summed E-state index contributed by atoms with van der Waals surface area (Å²) in [6, 6.07) is 1.88. The van der Waals surface area contributed by atoms with Crippen molar-refractivity contribution in [3.05, 3.63) is 57.6 Å². The van der Waals surface area contributed by atoms with Gasteiger partial charge in [0, 0.05) is 30.9 Å². The number of pyridine rings is 2. The first kappa shape index (κ1) is 19.7. The van der Waals surface area contributed by atoms with Crippen molar-refractivity contribution in [2.45, 2.75) is 19.0 Å². The Morgan fingerprint density at radius 2 is 1.90 bits per heavy atom. The number of carboxylic acids is 1. The van der Waals surface area contributed by atoms with Crippen LogP contribution in [0.2, 0.25) is 0 Å². The van der Waals surface area contributed by atoms with Crippen LogP contribution in [0.15, 0.2) is 29.2 Å². The predicted molar refractivity (Wildman–Crippen MR) is 103 cm³/mol. The summed E-state index contributed by atoms with van der Waals surface area (Å²) in [7, 11) is 0. The quantitative estimate of drug-likeness (QED) is 0.551.